The van der Waals surface area contributed by atoms with Gasteiger partial charge in [-0.1, -0.05) is 42.6 Å². The summed E-state index contributed by atoms with van der Waals surface area (Å²) in [6.07, 6.45) is 7.17. The Labute approximate surface area is 193 Å². The van der Waals surface area contributed by atoms with Gasteiger partial charge in [0.05, 0.1) is 33.1 Å². The number of benzene rings is 1. The van der Waals surface area contributed by atoms with Crippen LogP contribution in [0, 0.1) is 0 Å². The van der Waals surface area contributed by atoms with Crippen LogP contribution >= 0.6 is 23.2 Å². The van der Waals surface area contributed by atoms with E-state index in [4.69, 9.17) is 28.9 Å². The van der Waals surface area contributed by atoms with E-state index in [0.717, 1.165) is 18.2 Å². The van der Waals surface area contributed by atoms with Crippen molar-refractivity contribution in [3.05, 3.63) is 62.8 Å². The average Bonchev–Trinajstić information content (AvgIpc) is 2.70. The molecule has 1 aliphatic heterocycles. The Morgan fingerprint density at radius 1 is 1.35 bits per heavy atom. The fourth-order valence-corrected chi connectivity index (χ4v) is 4.02. The minimum Gasteiger partial charge on any atom is -0.404 e. The number of carbonyl (C=O) groups is 1. The van der Waals surface area contributed by atoms with Crippen molar-refractivity contribution in [2.24, 2.45) is 10.7 Å². The van der Waals surface area contributed by atoms with E-state index in [1.165, 1.54) is 6.20 Å². The molecule has 1 atom stereocenters. The van der Waals surface area contributed by atoms with Crippen LogP contribution in [-0.2, 0) is 14.6 Å². The van der Waals surface area contributed by atoms with Crippen molar-refractivity contribution in [1.29, 1.82) is 0 Å². The first kappa shape index (κ1) is 25.0. The summed E-state index contributed by atoms with van der Waals surface area (Å²) < 4.78 is 23.8. The lowest BCUT2D eigenvalue weighted by molar-refractivity contribution is -0.117. The second kappa shape index (κ2) is 10.8. The summed E-state index contributed by atoms with van der Waals surface area (Å²) in [6, 6.07) is 4.52. The summed E-state index contributed by atoms with van der Waals surface area (Å²) in [5.74, 6) is -0.406. The van der Waals surface area contributed by atoms with Crippen LogP contribution in [0.4, 0.5) is 5.69 Å². The summed E-state index contributed by atoms with van der Waals surface area (Å²) in [4.78, 5) is 17.4. The molecule has 0 saturated heterocycles. The van der Waals surface area contributed by atoms with Crippen molar-refractivity contribution in [2.45, 2.75) is 32.7 Å². The van der Waals surface area contributed by atoms with E-state index in [0.29, 0.717) is 34.4 Å². The van der Waals surface area contributed by atoms with E-state index in [9.17, 15) is 13.2 Å². The molecule has 0 fully saturated rings. The third-order valence-corrected chi connectivity index (χ3v) is 6.40. The van der Waals surface area contributed by atoms with E-state index < -0.39 is 15.7 Å². The lowest BCUT2D eigenvalue weighted by atomic mass is 9.99. The SMILES string of the molecule is CCCC(NC(=O)C(=CN)C(C)=Nc1ccc(Cl)c(Cl)c1)C1=CCNC(S(C)(=O)=O)=C1. The van der Waals surface area contributed by atoms with Gasteiger partial charge in [0.1, 0.15) is 5.03 Å². The van der Waals surface area contributed by atoms with Crippen molar-refractivity contribution in [1.82, 2.24) is 10.6 Å². The quantitative estimate of drug-likeness (QED) is 0.385. The second-order valence-corrected chi connectivity index (χ2v) is 9.86. The molecule has 2 rings (SSSR count). The maximum atomic E-state index is 13.0. The second-order valence-electron chi connectivity index (χ2n) is 7.06. The molecule has 0 spiro atoms. The highest BCUT2D eigenvalue weighted by molar-refractivity contribution is 7.94. The summed E-state index contributed by atoms with van der Waals surface area (Å²) in [5.41, 5.74) is 7.59. The van der Waals surface area contributed by atoms with Crippen LogP contribution in [0.5, 0.6) is 0 Å². The Hall–Kier alpha value is -2.29. The third kappa shape index (κ3) is 6.85. The number of hydrogen-bond acceptors (Lipinski definition) is 6. The van der Waals surface area contributed by atoms with Gasteiger partial charge in [-0.3, -0.25) is 9.79 Å². The van der Waals surface area contributed by atoms with Crippen LogP contribution in [0.15, 0.2) is 57.7 Å². The molecule has 1 unspecified atom stereocenters. The topological polar surface area (TPSA) is 114 Å². The maximum Gasteiger partial charge on any atom is 0.255 e. The van der Waals surface area contributed by atoms with E-state index >= 15 is 0 Å². The molecule has 168 valence electrons. The molecular formula is C21H26Cl2N4O3S. The highest BCUT2D eigenvalue weighted by atomic mass is 35.5. The molecule has 1 aliphatic rings. The van der Waals surface area contributed by atoms with Gasteiger partial charge in [-0.15, -0.1) is 0 Å². The zero-order valence-corrected chi connectivity index (χ0v) is 19.9. The molecule has 0 saturated carbocycles. The summed E-state index contributed by atoms with van der Waals surface area (Å²) in [5, 5.41) is 6.68. The standard InChI is InChI=1S/C21H26Cl2N4O3S/c1-4-5-19(14-8-9-25-20(10-14)31(3,29)30)27-21(28)16(12-24)13(2)26-15-6-7-17(22)18(23)11-15/h6-8,10-12,19,25H,4-5,9,24H2,1-3H3,(H,27,28). The normalized spacial score (nSPS) is 16.2. The smallest absolute Gasteiger partial charge is 0.255 e. The van der Waals surface area contributed by atoms with Gasteiger partial charge in [0.15, 0.2) is 9.84 Å². The number of carbonyl (C=O) groups excluding carboxylic acids is 1. The van der Waals surface area contributed by atoms with E-state index in [-0.39, 0.29) is 16.6 Å². The molecular weight excluding hydrogens is 459 g/mol. The Morgan fingerprint density at radius 2 is 2.06 bits per heavy atom. The maximum absolute atomic E-state index is 13.0. The van der Waals surface area contributed by atoms with Crippen LogP contribution in [-0.4, -0.2) is 38.9 Å². The van der Waals surface area contributed by atoms with E-state index in [1.807, 2.05) is 13.0 Å². The number of halogens is 2. The Balaban J connectivity index is 2.26. The number of aliphatic imine (C=N–C) groups is 1. The van der Waals surface area contributed by atoms with E-state index in [2.05, 4.69) is 15.6 Å². The average molecular weight is 485 g/mol. The molecule has 0 aromatic heterocycles. The number of rotatable bonds is 8. The van der Waals surface area contributed by atoms with Gasteiger partial charge in [0.2, 0.25) is 0 Å². The predicted molar refractivity (Wildman–Crippen MR) is 127 cm³/mol. The number of nitrogens with one attached hydrogen (secondary N) is 2. The number of nitrogens with zero attached hydrogens (tertiary/aromatic N) is 1. The summed E-state index contributed by atoms with van der Waals surface area (Å²) in [7, 11) is -3.39. The Kier molecular flexibility index (Phi) is 8.73. The van der Waals surface area contributed by atoms with Crippen LogP contribution in [0.2, 0.25) is 10.0 Å². The van der Waals surface area contributed by atoms with Gasteiger partial charge >= 0.3 is 0 Å². The molecule has 4 N–H and O–H groups in total. The van der Waals surface area contributed by atoms with Gasteiger partial charge in [0, 0.05) is 19.0 Å². The van der Waals surface area contributed by atoms with Crippen molar-refractivity contribution >= 4 is 50.3 Å². The molecule has 1 aromatic carbocycles. The van der Waals surface area contributed by atoms with Crippen LogP contribution in [0.1, 0.15) is 26.7 Å². The van der Waals surface area contributed by atoms with Crippen LogP contribution < -0.4 is 16.4 Å². The first-order valence-electron chi connectivity index (χ1n) is 9.66. The molecule has 10 heteroatoms. The molecule has 7 nitrogen and oxygen atoms in total. The van der Waals surface area contributed by atoms with E-state index in [1.54, 1.807) is 31.2 Å². The van der Waals surface area contributed by atoms with Crippen molar-refractivity contribution in [2.75, 3.05) is 12.8 Å². The van der Waals surface area contributed by atoms with Crippen molar-refractivity contribution in [3.8, 4) is 0 Å². The number of sulfone groups is 1. The molecule has 0 aliphatic carbocycles. The Bertz CT molecular complexity index is 1080. The molecule has 1 amide bonds. The lowest BCUT2D eigenvalue weighted by Gasteiger charge is -2.24. The zero-order chi connectivity index (χ0) is 23.2. The highest BCUT2D eigenvalue weighted by Gasteiger charge is 2.23. The van der Waals surface area contributed by atoms with Crippen LogP contribution in [0.25, 0.3) is 0 Å². The number of amides is 1. The van der Waals surface area contributed by atoms with Crippen molar-refractivity contribution in [3.63, 3.8) is 0 Å². The van der Waals surface area contributed by atoms with Gasteiger partial charge < -0.3 is 16.4 Å². The van der Waals surface area contributed by atoms with Gasteiger partial charge in [-0.05, 0) is 43.2 Å². The fraction of sp³-hybridized carbons (Fsp3) is 0.333. The van der Waals surface area contributed by atoms with Gasteiger partial charge in [0.25, 0.3) is 5.91 Å². The van der Waals surface area contributed by atoms with Crippen molar-refractivity contribution < 1.29 is 13.2 Å². The minimum atomic E-state index is -3.39. The molecule has 1 heterocycles. The highest BCUT2D eigenvalue weighted by Crippen LogP contribution is 2.27. The largest absolute Gasteiger partial charge is 0.404 e. The third-order valence-electron chi connectivity index (χ3n) is 4.60. The van der Waals surface area contributed by atoms with Gasteiger partial charge in [-0.2, -0.15) is 0 Å². The summed E-state index contributed by atoms with van der Waals surface area (Å²) >= 11 is 12.0. The first-order chi connectivity index (χ1) is 14.6. The number of nitrogens with two attached hydrogens (primary N) is 1. The molecule has 1 aromatic rings. The molecule has 31 heavy (non-hydrogen) atoms. The minimum absolute atomic E-state index is 0.132. The zero-order valence-electron chi connectivity index (χ0n) is 17.6. The monoisotopic (exact) mass is 484 g/mol. The number of hydrogen-bond donors (Lipinski definition) is 3. The predicted octanol–water partition coefficient (Wildman–Crippen LogP) is 3.63. The molecule has 0 radical (unpaired) electrons. The van der Waals surface area contributed by atoms with Crippen LogP contribution in [0.3, 0.4) is 0 Å². The molecule has 0 bridgehead atoms. The Morgan fingerprint density at radius 3 is 2.65 bits per heavy atom. The first-order valence-corrected chi connectivity index (χ1v) is 12.3. The lowest BCUT2D eigenvalue weighted by Crippen LogP contribution is -2.39. The summed E-state index contributed by atoms with van der Waals surface area (Å²) in [6.45, 7) is 4.02. The van der Waals surface area contributed by atoms with Gasteiger partial charge in [-0.25, -0.2) is 8.42 Å². The number of dihydropyridines is 1. The fourth-order valence-electron chi connectivity index (χ4n) is 3.03.